The molecule has 1 rings (SSSR count). The van der Waals surface area contributed by atoms with Gasteiger partial charge in [0.15, 0.2) is 0 Å². The molecule has 0 bridgehead atoms. The van der Waals surface area contributed by atoms with Crippen molar-refractivity contribution >= 4 is 5.91 Å². The second-order valence-corrected chi connectivity index (χ2v) is 3.78. The lowest BCUT2D eigenvalue weighted by atomic mass is 10.1. The van der Waals surface area contributed by atoms with Crippen LogP contribution in [0.3, 0.4) is 0 Å². The van der Waals surface area contributed by atoms with Crippen molar-refractivity contribution in [3.63, 3.8) is 0 Å². The van der Waals surface area contributed by atoms with E-state index in [9.17, 15) is 4.79 Å². The van der Waals surface area contributed by atoms with Crippen molar-refractivity contribution < 1.29 is 18.7 Å². The van der Waals surface area contributed by atoms with Crippen molar-refractivity contribution in [2.75, 3.05) is 27.4 Å². The standard InChI is InChI=1S/C11H17NO4/c1-11(15-3,8-14-2)7-12-10(13)9-4-5-16-6-9/h4-6H,7-8H2,1-3H3,(H,12,13). The van der Waals surface area contributed by atoms with E-state index in [1.54, 1.807) is 20.3 Å². The normalized spacial score (nSPS) is 14.4. The van der Waals surface area contributed by atoms with Crippen LogP contribution in [-0.4, -0.2) is 38.9 Å². The molecule has 1 N–H and O–H groups in total. The highest BCUT2D eigenvalue weighted by molar-refractivity contribution is 5.93. The number of ether oxygens (including phenoxy) is 2. The summed E-state index contributed by atoms with van der Waals surface area (Å²) in [5.41, 5.74) is -0.0235. The Labute approximate surface area is 94.7 Å². The number of hydrogen-bond acceptors (Lipinski definition) is 4. The van der Waals surface area contributed by atoms with Crippen LogP contribution in [0.1, 0.15) is 17.3 Å². The van der Waals surface area contributed by atoms with E-state index in [0.717, 1.165) is 0 Å². The molecule has 0 saturated carbocycles. The van der Waals surface area contributed by atoms with Gasteiger partial charge in [0.2, 0.25) is 0 Å². The molecule has 1 aromatic rings. The van der Waals surface area contributed by atoms with Crippen LogP contribution in [0.15, 0.2) is 23.0 Å². The minimum Gasteiger partial charge on any atom is -0.472 e. The van der Waals surface area contributed by atoms with Gasteiger partial charge in [-0.2, -0.15) is 0 Å². The molecule has 5 heteroatoms. The van der Waals surface area contributed by atoms with Gasteiger partial charge in [-0.3, -0.25) is 4.79 Å². The Hall–Kier alpha value is -1.33. The van der Waals surface area contributed by atoms with E-state index in [4.69, 9.17) is 13.9 Å². The first-order valence-electron chi connectivity index (χ1n) is 4.96. The van der Waals surface area contributed by atoms with E-state index in [1.165, 1.54) is 12.5 Å². The number of carbonyl (C=O) groups is 1. The van der Waals surface area contributed by atoms with Gasteiger partial charge < -0.3 is 19.2 Å². The quantitative estimate of drug-likeness (QED) is 0.789. The zero-order valence-electron chi connectivity index (χ0n) is 9.78. The monoisotopic (exact) mass is 227 g/mol. The molecule has 0 aliphatic rings. The summed E-state index contributed by atoms with van der Waals surface area (Å²) in [6.45, 7) is 2.66. The van der Waals surface area contributed by atoms with Crippen molar-refractivity contribution in [1.82, 2.24) is 5.32 Å². The lowest BCUT2D eigenvalue weighted by Gasteiger charge is -2.27. The first-order chi connectivity index (χ1) is 7.61. The number of rotatable bonds is 6. The number of carbonyl (C=O) groups excluding carboxylic acids is 1. The van der Waals surface area contributed by atoms with Gasteiger partial charge in [-0.15, -0.1) is 0 Å². The average molecular weight is 227 g/mol. The van der Waals surface area contributed by atoms with Crippen molar-refractivity contribution in [3.05, 3.63) is 24.2 Å². The molecule has 0 radical (unpaired) electrons. The number of nitrogens with one attached hydrogen (secondary N) is 1. The van der Waals surface area contributed by atoms with Crippen molar-refractivity contribution in [2.24, 2.45) is 0 Å². The van der Waals surface area contributed by atoms with E-state index in [0.29, 0.717) is 18.7 Å². The van der Waals surface area contributed by atoms with Crippen LogP contribution < -0.4 is 5.32 Å². The number of amides is 1. The fraction of sp³-hybridized carbons (Fsp3) is 0.545. The molecule has 0 aliphatic heterocycles. The first kappa shape index (κ1) is 12.7. The Morgan fingerprint density at radius 1 is 1.56 bits per heavy atom. The fourth-order valence-corrected chi connectivity index (χ4v) is 1.25. The molecule has 5 nitrogen and oxygen atoms in total. The van der Waals surface area contributed by atoms with Crippen molar-refractivity contribution in [1.29, 1.82) is 0 Å². The molecule has 1 aromatic heterocycles. The Balaban J connectivity index is 2.47. The molecule has 1 atom stereocenters. The third-order valence-corrected chi connectivity index (χ3v) is 2.35. The van der Waals surface area contributed by atoms with Crippen LogP contribution in [-0.2, 0) is 9.47 Å². The highest BCUT2D eigenvalue weighted by atomic mass is 16.5. The van der Waals surface area contributed by atoms with Gasteiger partial charge in [-0.1, -0.05) is 0 Å². The zero-order chi connectivity index (χ0) is 12.0. The maximum absolute atomic E-state index is 11.6. The third-order valence-electron chi connectivity index (χ3n) is 2.35. The van der Waals surface area contributed by atoms with Crippen LogP contribution in [0.4, 0.5) is 0 Å². The van der Waals surface area contributed by atoms with Gasteiger partial charge in [-0.05, 0) is 13.0 Å². The van der Waals surface area contributed by atoms with Gasteiger partial charge in [0, 0.05) is 20.8 Å². The van der Waals surface area contributed by atoms with Crippen LogP contribution in [0.25, 0.3) is 0 Å². The van der Waals surface area contributed by atoms with Gasteiger partial charge in [-0.25, -0.2) is 0 Å². The van der Waals surface area contributed by atoms with E-state index < -0.39 is 5.60 Å². The van der Waals surface area contributed by atoms with Crippen molar-refractivity contribution in [2.45, 2.75) is 12.5 Å². The number of furan rings is 1. The lowest BCUT2D eigenvalue weighted by Crippen LogP contribution is -2.45. The van der Waals surface area contributed by atoms with E-state index in [2.05, 4.69) is 5.32 Å². The third kappa shape index (κ3) is 3.36. The molecule has 90 valence electrons. The molecule has 0 spiro atoms. The minimum absolute atomic E-state index is 0.187. The van der Waals surface area contributed by atoms with Gasteiger partial charge in [0.25, 0.3) is 5.91 Å². The highest BCUT2D eigenvalue weighted by Crippen LogP contribution is 2.08. The average Bonchev–Trinajstić information content (AvgIpc) is 2.80. The summed E-state index contributed by atoms with van der Waals surface area (Å²) < 4.78 is 15.1. The lowest BCUT2D eigenvalue weighted by molar-refractivity contribution is -0.0479. The maximum Gasteiger partial charge on any atom is 0.254 e. The summed E-state index contributed by atoms with van der Waals surface area (Å²) in [6, 6.07) is 1.61. The minimum atomic E-state index is -0.520. The van der Waals surface area contributed by atoms with Crippen molar-refractivity contribution in [3.8, 4) is 0 Å². The predicted octanol–water partition coefficient (Wildman–Crippen LogP) is 1.06. The molecule has 1 amide bonds. The summed E-state index contributed by atoms with van der Waals surface area (Å²) >= 11 is 0. The van der Waals surface area contributed by atoms with Gasteiger partial charge >= 0.3 is 0 Å². The van der Waals surface area contributed by atoms with Crippen LogP contribution >= 0.6 is 0 Å². The van der Waals surface area contributed by atoms with E-state index in [-0.39, 0.29) is 5.91 Å². The Kier molecular flexibility index (Phi) is 4.52. The SMILES string of the molecule is COCC(C)(CNC(=O)c1ccoc1)OC. The predicted molar refractivity (Wildman–Crippen MR) is 58.3 cm³/mol. The molecule has 0 aliphatic carbocycles. The Morgan fingerprint density at radius 3 is 2.81 bits per heavy atom. The first-order valence-corrected chi connectivity index (χ1v) is 4.96. The largest absolute Gasteiger partial charge is 0.472 e. The summed E-state index contributed by atoms with van der Waals surface area (Å²) in [5, 5.41) is 2.76. The molecular formula is C11H17NO4. The van der Waals surface area contributed by atoms with Crippen LogP contribution in [0, 0.1) is 0 Å². The molecule has 1 heterocycles. The zero-order valence-corrected chi connectivity index (χ0v) is 9.78. The van der Waals surface area contributed by atoms with Gasteiger partial charge in [0.1, 0.15) is 11.9 Å². The van der Waals surface area contributed by atoms with E-state index in [1.807, 2.05) is 6.92 Å². The fourth-order valence-electron chi connectivity index (χ4n) is 1.25. The smallest absolute Gasteiger partial charge is 0.254 e. The maximum atomic E-state index is 11.6. The molecular weight excluding hydrogens is 210 g/mol. The second kappa shape index (κ2) is 5.67. The van der Waals surface area contributed by atoms with Crippen LogP contribution in [0.2, 0.25) is 0 Å². The topological polar surface area (TPSA) is 60.7 Å². The summed E-state index contributed by atoms with van der Waals surface area (Å²) in [4.78, 5) is 11.6. The second-order valence-electron chi connectivity index (χ2n) is 3.78. The molecule has 1 unspecified atom stereocenters. The van der Waals surface area contributed by atoms with Crippen LogP contribution in [0.5, 0.6) is 0 Å². The number of hydrogen-bond donors (Lipinski definition) is 1. The molecule has 0 aromatic carbocycles. The summed E-state index contributed by atoms with van der Waals surface area (Å²) in [6.07, 6.45) is 2.86. The summed E-state index contributed by atoms with van der Waals surface area (Å²) in [7, 11) is 3.18. The summed E-state index contributed by atoms with van der Waals surface area (Å²) in [5.74, 6) is -0.187. The Morgan fingerprint density at radius 2 is 2.31 bits per heavy atom. The molecule has 0 fully saturated rings. The molecule has 0 saturated heterocycles. The Bertz CT molecular complexity index is 323. The van der Waals surface area contributed by atoms with E-state index >= 15 is 0 Å². The number of methoxy groups -OCH3 is 2. The van der Waals surface area contributed by atoms with Gasteiger partial charge in [0.05, 0.1) is 18.4 Å². The highest BCUT2D eigenvalue weighted by Gasteiger charge is 2.24. The molecule has 16 heavy (non-hydrogen) atoms.